The fraction of sp³-hybridized carbons (Fsp3) is 0.133. The van der Waals surface area contributed by atoms with Crippen LogP contribution in [0, 0.1) is 5.82 Å². The molecule has 0 atom stereocenters. The summed E-state index contributed by atoms with van der Waals surface area (Å²) in [5.41, 5.74) is 6.24. The molecule has 0 unspecified atom stereocenters. The average Bonchev–Trinajstić information content (AvgIpc) is 2.45. The number of nitrogen functional groups attached to an aromatic ring is 1. The van der Waals surface area contributed by atoms with Crippen LogP contribution in [0.15, 0.2) is 42.5 Å². The number of halogens is 2. The lowest BCUT2D eigenvalue weighted by molar-refractivity contribution is -0.147. The summed E-state index contributed by atoms with van der Waals surface area (Å²) in [6.07, 6.45) is 0. The summed E-state index contributed by atoms with van der Waals surface area (Å²) in [4.78, 5) is 11.6. The zero-order valence-corrected chi connectivity index (χ0v) is 11.8. The molecule has 0 aliphatic heterocycles. The quantitative estimate of drug-likeness (QED) is 0.680. The maximum Gasteiger partial charge on any atom is 0.344 e. The van der Waals surface area contributed by atoms with Gasteiger partial charge in [0.1, 0.15) is 18.2 Å². The second kappa shape index (κ2) is 6.95. The van der Waals surface area contributed by atoms with Gasteiger partial charge in [0, 0.05) is 17.3 Å². The van der Waals surface area contributed by atoms with E-state index in [0.717, 1.165) is 0 Å². The molecule has 6 heteroatoms. The Kier molecular flexibility index (Phi) is 5.00. The first-order chi connectivity index (χ1) is 10.1. The van der Waals surface area contributed by atoms with Crippen LogP contribution in [0.5, 0.6) is 5.75 Å². The van der Waals surface area contributed by atoms with Crippen LogP contribution in [-0.2, 0) is 16.1 Å². The SMILES string of the molecule is Nc1cccc(OCC(=O)OCc2c(F)cccc2Cl)c1. The van der Waals surface area contributed by atoms with Crippen LogP contribution in [0.1, 0.15) is 5.56 Å². The number of benzene rings is 2. The van der Waals surface area contributed by atoms with Crippen LogP contribution in [0.2, 0.25) is 5.02 Å². The van der Waals surface area contributed by atoms with E-state index in [1.807, 2.05) is 0 Å². The highest BCUT2D eigenvalue weighted by Crippen LogP contribution is 2.20. The van der Waals surface area contributed by atoms with Crippen LogP contribution in [-0.4, -0.2) is 12.6 Å². The van der Waals surface area contributed by atoms with Gasteiger partial charge < -0.3 is 15.2 Å². The lowest BCUT2D eigenvalue weighted by atomic mass is 10.2. The number of carbonyl (C=O) groups excluding carboxylic acids is 1. The molecule has 0 aromatic heterocycles. The molecule has 0 fully saturated rings. The van der Waals surface area contributed by atoms with Crippen molar-refractivity contribution in [3.05, 3.63) is 58.9 Å². The molecular formula is C15H13ClFNO3. The van der Waals surface area contributed by atoms with Gasteiger partial charge in [0.05, 0.1) is 5.02 Å². The summed E-state index contributed by atoms with van der Waals surface area (Å²) < 4.78 is 23.6. The molecular weight excluding hydrogens is 297 g/mol. The van der Waals surface area contributed by atoms with Gasteiger partial charge in [-0.3, -0.25) is 0 Å². The van der Waals surface area contributed by atoms with E-state index in [2.05, 4.69) is 0 Å². The van der Waals surface area contributed by atoms with Crippen molar-refractivity contribution in [2.45, 2.75) is 6.61 Å². The van der Waals surface area contributed by atoms with Gasteiger partial charge in [-0.15, -0.1) is 0 Å². The summed E-state index contributed by atoms with van der Waals surface area (Å²) in [5.74, 6) is -0.695. The minimum Gasteiger partial charge on any atom is -0.482 e. The lowest BCUT2D eigenvalue weighted by Crippen LogP contribution is -2.15. The first-order valence-corrected chi connectivity index (χ1v) is 6.51. The molecule has 0 amide bonds. The number of ether oxygens (including phenoxy) is 2. The van der Waals surface area contributed by atoms with Crippen molar-refractivity contribution in [3.8, 4) is 5.75 Å². The van der Waals surface area contributed by atoms with Gasteiger partial charge in [0.15, 0.2) is 6.61 Å². The zero-order valence-electron chi connectivity index (χ0n) is 11.0. The minimum absolute atomic E-state index is 0.136. The molecule has 4 nitrogen and oxygen atoms in total. The Balaban J connectivity index is 1.85. The average molecular weight is 310 g/mol. The third-order valence-electron chi connectivity index (χ3n) is 2.65. The van der Waals surface area contributed by atoms with E-state index in [1.165, 1.54) is 18.2 Å². The fourth-order valence-electron chi connectivity index (χ4n) is 1.61. The third kappa shape index (κ3) is 4.36. The number of hydrogen-bond acceptors (Lipinski definition) is 4. The Morgan fingerprint density at radius 2 is 2.00 bits per heavy atom. The van der Waals surface area contributed by atoms with Crippen LogP contribution >= 0.6 is 11.6 Å². The second-order valence-electron chi connectivity index (χ2n) is 4.22. The monoisotopic (exact) mass is 309 g/mol. The van der Waals surface area contributed by atoms with E-state index < -0.39 is 11.8 Å². The summed E-state index contributed by atoms with van der Waals surface area (Å²) in [6.45, 7) is -0.542. The van der Waals surface area contributed by atoms with Gasteiger partial charge in [-0.2, -0.15) is 0 Å². The number of esters is 1. The van der Waals surface area contributed by atoms with Crippen molar-refractivity contribution in [3.63, 3.8) is 0 Å². The highest BCUT2D eigenvalue weighted by molar-refractivity contribution is 6.31. The molecule has 0 saturated carbocycles. The van der Waals surface area contributed by atoms with E-state index in [-0.39, 0.29) is 23.8 Å². The Morgan fingerprint density at radius 1 is 1.24 bits per heavy atom. The van der Waals surface area contributed by atoms with Gasteiger partial charge in [0.25, 0.3) is 0 Å². The number of carbonyl (C=O) groups is 1. The molecule has 21 heavy (non-hydrogen) atoms. The summed E-state index contributed by atoms with van der Waals surface area (Å²) >= 11 is 5.83. The maximum atomic E-state index is 13.5. The molecule has 2 N–H and O–H groups in total. The summed E-state index contributed by atoms with van der Waals surface area (Å²) in [6, 6.07) is 10.9. The van der Waals surface area contributed by atoms with Gasteiger partial charge >= 0.3 is 5.97 Å². The van der Waals surface area contributed by atoms with E-state index >= 15 is 0 Å². The van der Waals surface area contributed by atoms with Gasteiger partial charge in [0.2, 0.25) is 0 Å². The van der Waals surface area contributed by atoms with Crippen LogP contribution in [0.3, 0.4) is 0 Å². The van der Waals surface area contributed by atoms with Crippen molar-refractivity contribution in [1.29, 1.82) is 0 Å². The van der Waals surface area contributed by atoms with E-state index in [1.54, 1.807) is 24.3 Å². The Bertz CT molecular complexity index is 628. The molecule has 0 bridgehead atoms. The normalized spacial score (nSPS) is 10.2. The van der Waals surface area contributed by atoms with Gasteiger partial charge in [-0.05, 0) is 24.3 Å². The van der Waals surface area contributed by atoms with E-state index in [0.29, 0.717) is 11.4 Å². The molecule has 0 heterocycles. The Hall–Kier alpha value is -2.27. The number of hydrogen-bond donors (Lipinski definition) is 1. The van der Waals surface area contributed by atoms with Gasteiger partial charge in [-0.1, -0.05) is 23.7 Å². The van der Waals surface area contributed by atoms with Gasteiger partial charge in [-0.25, -0.2) is 9.18 Å². The van der Waals surface area contributed by atoms with E-state index in [4.69, 9.17) is 26.8 Å². The predicted molar refractivity (Wildman–Crippen MR) is 77.6 cm³/mol. The van der Waals surface area contributed by atoms with Crippen molar-refractivity contribution >= 4 is 23.3 Å². The molecule has 0 spiro atoms. The molecule has 0 aliphatic rings. The number of rotatable bonds is 5. The predicted octanol–water partition coefficient (Wildman–Crippen LogP) is 3.18. The van der Waals surface area contributed by atoms with Crippen molar-refractivity contribution in [1.82, 2.24) is 0 Å². The molecule has 0 aliphatic carbocycles. The second-order valence-corrected chi connectivity index (χ2v) is 4.63. The molecule has 2 aromatic carbocycles. The smallest absolute Gasteiger partial charge is 0.344 e. The standard InChI is InChI=1S/C15H13ClFNO3/c16-13-5-2-6-14(17)12(13)8-21-15(19)9-20-11-4-1-3-10(18)7-11/h1-7H,8-9,18H2. The highest BCUT2D eigenvalue weighted by Gasteiger charge is 2.10. The van der Waals surface area contributed by atoms with Crippen LogP contribution < -0.4 is 10.5 Å². The first-order valence-electron chi connectivity index (χ1n) is 6.13. The van der Waals surface area contributed by atoms with E-state index in [9.17, 15) is 9.18 Å². The van der Waals surface area contributed by atoms with Crippen LogP contribution in [0.25, 0.3) is 0 Å². The topological polar surface area (TPSA) is 61.5 Å². The summed E-state index contributed by atoms with van der Waals surface area (Å²) in [7, 11) is 0. The molecule has 2 aromatic rings. The number of anilines is 1. The maximum absolute atomic E-state index is 13.5. The highest BCUT2D eigenvalue weighted by atomic mass is 35.5. The van der Waals surface area contributed by atoms with Crippen molar-refractivity contribution in [2.75, 3.05) is 12.3 Å². The molecule has 0 saturated heterocycles. The Labute approximate surface area is 126 Å². The molecule has 110 valence electrons. The number of nitrogens with two attached hydrogens (primary N) is 1. The summed E-state index contributed by atoms with van der Waals surface area (Å²) in [5, 5.41) is 0.208. The fourth-order valence-corrected chi connectivity index (χ4v) is 1.83. The third-order valence-corrected chi connectivity index (χ3v) is 3.01. The largest absolute Gasteiger partial charge is 0.482 e. The first kappa shape index (κ1) is 15.1. The minimum atomic E-state index is -0.628. The van der Waals surface area contributed by atoms with Crippen LogP contribution in [0.4, 0.5) is 10.1 Å². The van der Waals surface area contributed by atoms with Crippen molar-refractivity contribution in [2.24, 2.45) is 0 Å². The zero-order chi connectivity index (χ0) is 15.2. The Morgan fingerprint density at radius 3 is 2.71 bits per heavy atom. The molecule has 0 radical (unpaired) electrons. The molecule has 2 rings (SSSR count). The lowest BCUT2D eigenvalue weighted by Gasteiger charge is -2.09. The van der Waals surface area contributed by atoms with Crippen molar-refractivity contribution < 1.29 is 18.7 Å².